The highest BCUT2D eigenvalue weighted by Crippen LogP contribution is 2.31. The SMILES string of the molecule is CNC(c1cc(Cl)cc(Cl)c1)c1cccc(OC)c1F. The predicted molar refractivity (Wildman–Crippen MR) is 80.3 cm³/mol. The lowest BCUT2D eigenvalue weighted by atomic mass is 9.98. The average Bonchev–Trinajstić information content (AvgIpc) is 2.40. The van der Waals surface area contributed by atoms with E-state index in [1.54, 1.807) is 43.4 Å². The maximum atomic E-state index is 14.4. The molecule has 0 heterocycles. The van der Waals surface area contributed by atoms with Crippen LogP contribution in [-0.2, 0) is 0 Å². The van der Waals surface area contributed by atoms with Crippen molar-refractivity contribution in [2.45, 2.75) is 6.04 Å². The molecule has 5 heteroatoms. The lowest BCUT2D eigenvalue weighted by Gasteiger charge is -2.19. The minimum absolute atomic E-state index is 0.205. The van der Waals surface area contributed by atoms with Gasteiger partial charge in [0.1, 0.15) is 0 Å². The Kier molecular flexibility index (Phi) is 4.86. The molecule has 106 valence electrons. The van der Waals surface area contributed by atoms with Crippen LogP contribution in [0, 0.1) is 5.82 Å². The summed E-state index contributed by atoms with van der Waals surface area (Å²) in [5, 5.41) is 4.09. The maximum Gasteiger partial charge on any atom is 0.170 e. The molecule has 0 bridgehead atoms. The van der Waals surface area contributed by atoms with Crippen LogP contribution in [-0.4, -0.2) is 14.2 Å². The minimum Gasteiger partial charge on any atom is -0.494 e. The van der Waals surface area contributed by atoms with Crippen LogP contribution in [0.25, 0.3) is 0 Å². The molecule has 2 nitrogen and oxygen atoms in total. The van der Waals surface area contributed by atoms with Crippen molar-refractivity contribution in [3.63, 3.8) is 0 Å². The Hall–Kier alpha value is -1.29. The first-order valence-corrected chi connectivity index (χ1v) is 6.78. The summed E-state index contributed by atoms with van der Waals surface area (Å²) in [5.41, 5.74) is 1.27. The summed E-state index contributed by atoms with van der Waals surface area (Å²) in [5.74, 6) is -0.193. The molecule has 0 radical (unpaired) electrons. The minimum atomic E-state index is -0.398. The fraction of sp³-hybridized carbons (Fsp3) is 0.200. The quantitative estimate of drug-likeness (QED) is 0.900. The maximum absolute atomic E-state index is 14.4. The van der Waals surface area contributed by atoms with E-state index < -0.39 is 5.82 Å². The Morgan fingerprint density at radius 1 is 1.15 bits per heavy atom. The summed E-state index contributed by atoms with van der Waals surface area (Å²) >= 11 is 12.0. The molecule has 0 saturated heterocycles. The molecule has 0 spiro atoms. The van der Waals surface area contributed by atoms with Crippen molar-refractivity contribution in [1.82, 2.24) is 5.32 Å². The normalized spacial score (nSPS) is 12.2. The number of benzene rings is 2. The lowest BCUT2D eigenvalue weighted by molar-refractivity contribution is 0.382. The van der Waals surface area contributed by atoms with Crippen LogP contribution in [0.4, 0.5) is 4.39 Å². The third-order valence-electron chi connectivity index (χ3n) is 3.03. The van der Waals surface area contributed by atoms with Gasteiger partial charge in [0.25, 0.3) is 0 Å². The molecule has 2 aromatic carbocycles. The molecular formula is C15H14Cl2FNO. The van der Waals surface area contributed by atoms with E-state index in [1.165, 1.54) is 7.11 Å². The van der Waals surface area contributed by atoms with Crippen LogP contribution in [0.2, 0.25) is 10.0 Å². The average molecular weight is 314 g/mol. The summed E-state index contributed by atoms with van der Waals surface area (Å²) in [6.07, 6.45) is 0. The standard InChI is InChI=1S/C15H14Cl2FNO/c1-19-15(9-6-10(16)8-11(17)7-9)12-4-3-5-13(20-2)14(12)18/h3-8,15,19H,1-2H3. The van der Waals surface area contributed by atoms with Crippen molar-refractivity contribution in [3.8, 4) is 5.75 Å². The van der Waals surface area contributed by atoms with Gasteiger partial charge in [-0.3, -0.25) is 0 Å². The highest BCUT2D eigenvalue weighted by Gasteiger charge is 2.19. The second-order valence-electron chi connectivity index (χ2n) is 4.29. The molecule has 1 N–H and O–H groups in total. The van der Waals surface area contributed by atoms with Crippen LogP contribution in [0.5, 0.6) is 5.75 Å². The van der Waals surface area contributed by atoms with Gasteiger partial charge in [0.2, 0.25) is 0 Å². The van der Waals surface area contributed by atoms with Crippen LogP contribution in [0.15, 0.2) is 36.4 Å². The number of rotatable bonds is 4. The first-order valence-electron chi connectivity index (χ1n) is 6.02. The molecule has 1 unspecified atom stereocenters. The van der Waals surface area contributed by atoms with E-state index in [4.69, 9.17) is 27.9 Å². The van der Waals surface area contributed by atoms with Gasteiger partial charge in [-0.1, -0.05) is 35.3 Å². The summed E-state index contributed by atoms with van der Waals surface area (Å²) in [6, 6.07) is 9.82. The van der Waals surface area contributed by atoms with Crippen molar-refractivity contribution in [2.75, 3.05) is 14.2 Å². The number of hydrogen-bond acceptors (Lipinski definition) is 2. The van der Waals surface area contributed by atoms with Gasteiger partial charge in [0.05, 0.1) is 13.2 Å². The van der Waals surface area contributed by atoms with Gasteiger partial charge in [0, 0.05) is 15.6 Å². The highest BCUT2D eigenvalue weighted by atomic mass is 35.5. The van der Waals surface area contributed by atoms with Crippen LogP contribution >= 0.6 is 23.2 Å². The predicted octanol–water partition coefficient (Wildman–Crippen LogP) is 4.45. The van der Waals surface area contributed by atoms with Crippen molar-refractivity contribution in [1.29, 1.82) is 0 Å². The second kappa shape index (κ2) is 6.44. The molecule has 0 amide bonds. The number of ether oxygens (including phenoxy) is 1. The Morgan fingerprint density at radius 3 is 2.35 bits per heavy atom. The fourth-order valence-corrected chi connectivity index (χ4v) is 2.69. The van der Waals surface area contributed by atoms with E-state index in [9.17, 15) is 4.39 Å². The number of methoxy groups -OCH3 is 1. The van der Waals surface area contributed by atoms with Crippen LogP contribution < -0.4 is 10.1 Å². The molecule has 0 aliphatic carbocycles. The molecule has 0 aliphatic heterocycles. The first-order chi connectivity index (χ1) is 9.56. The Labute approximate surface area is 127 Å². The van der Waals surface area contributed by atoms with Gasteiger partial charge in [-0.15, -0.1) is 0 Å². The second-order valence-corrected chi connectivity index (χ2v) is 5.16. The summed E-state index contributed by atoms with van der Waals surface area (Å²) in [7, 11) is 3.19. The summed E-state index contributed by atoms with van der Waals surface area (Å²) in [6.45, 7) is 0. The topological polar surface area (TPSA) is 21.3 Å². The summed E-state index contributed by atoms with van der Waals surface area (Å²) < 4.78 is 19.4. The number of hydrogen-bond donors (Lipinski definition) is 1. The number of nitrogens with one attached hydrogen (secondary N) is 1. The third kappa shape index (κ3) is 3.06. The number of halogens is 3. The van der Waals surface area contributed by atoms with E-state index >= 15 is 0 Å². The molecule has 2 aromatic rings. The van der Waals surface area contributed by atoms with Crippen molar-refractivity contribution < 1.29 is 9.13 Å². The third-order valence-corrected chi connectivity index (χ3v) is 3.47. The fourth-order valence-electron chi connectivity index (χ4n) is 2.15. The molecule has 0 aliphatic rings. The molecule has 0 saturated carbocycles. The highest BCUT2D eigenvalue weighted by molar-refractivity contribution is 6.34. The zero-order valence-electron chi connectivity index (χ0n) is 11.1. The molecule has 0 aromatic heterocycles. The lowest BCUT2D eigenvalue weighted by Crippen LogP contribution is -2.19. The van der Waals surface area contributed by atoms with Crippen LogP contribution in [0.1, 0.15) is 17.2 Å². The molecule has 1 atom stereocenters. The monoisotopic (exact) mass is 313 g/mol. The van der Waals surface area contributed by atoms with E-state index in [2.05, 4.69) is 5.32 Å². The largest absolute Gasteiger partial charge is 0.494 e. The van der Waals surface area contributed by atoms with Crippen LogP contribution in [0.3, 0.4) is 0 Å². The van der Waals surface area contributed by atoms with Crippen molar-refractivity contribution >= 4 is 23.2 Å². The Bertz CT molecular complexity index is 599. The first kappa shape index (κ1) is 15.1. The Balaban J connectivity index is 2.52. The van der Waals surface area contributed by atoms with E-state index in [0.717, 1.165) is 5.56 Å². The molecular weight excluding hydrogens is 300 g/mol. The van der Waals surface area contributed by atoms with Crippen molar-refractivity contribution in [3.05, 3.63) is 63.4 Å². The van der Waals surface area contributed by atoms with E-state index in [-0.39, 0.29) is 11.8 Å². The van der Waals surface area contributed by atoms with Gasteiger partial charge in [-0.2, -0.15) is 0 Å². The smallest absolute Gasteiger partial charge is 0.170 e. The summed E-state index contributed by atoms with van der Waals surface area (Å²) in [4.78, 5) is 0. The Morgan fingerprint density at radius 2 is 1.80 bits per heavy atom. The van der Waals surface area contributed by atoms with Gasteiger partial charge < -0.3 is 10.1 Å². The van der Waals surface area contributed by atoms with Gasteiger partial charge >= 0.3 is 0 Å². The van der Waals surface area contributed by atoms with Crippen molar-refractivity contribution in [2.24, 2.45) is 0 Å². The zero-order chi connectivity index (χ0) is 14.7. The van der Waals surface area contributed by atoms with Gasteiger partial charge in [0.15, 0.2) is 11.6 Å². The van der Waals surface area contributed by atoms with Gasteiger partial charge in [-0.25, -0.2) is 4.39 Å². The van der Waals surface area contributed by atoms with E-state index in [1.807, 2.05) is 0 Å². The van der Waals surface area contributed by atoms with E-state index in [0.29, 0.717) is 15.6 Å². The molecule has 20 heavy (non-hydrogen) atoms. The van der Waals surface area contributed by atoms with Gasteiger partial charge in [-0.05, 0) is 36.9 Å². The zero-order valence-corrected chi connectivity index (χ0v) is 12.6. The molecule has 0 fully saturated rings. The molecule has 2 rings (SSSR count).